The van der Waals surface area contributed by atoms with Gasteiger partial charge in [-0.3, -0.25) is 9.59 Å². The molecular weight excluding hydrogens is 384 g/mol. The zero-order valence-electron chi connectivity index (χ0n) is 16.5. The zero-order chi connectivity index (χ0) is 20.2. The van der Waals surface area contributed by atoms with Crippen LogP contribution in [0.5, 0.6) is 5.75 Å². The second-order valence-electron chi connectivity index (χ2n) is 7.26. The van der Waals surface area contributed by atoms with E-state index in [1.165, 1.54) is 11.3 Å². The summed E-state index contributed by atoms with van der Waals surface area (Å²) in [5, 5.41) is 0.588. The Morgan fingerprint density at radius 1 is 1.10 bits per heavy atom. The fourth-order valence-electron chi connectivity index (χ4n) is 3.70. The molecule has 0 spiro atoms. The Hall–Kier alpha value is -2.73. The van der Waals surface area contributed by atoms with Crippen LogP contribution in [-0.2, 0) is 11.2 Å². The van der Waals surface area contributed by atoms with E-state index in [-0.39, 0.29) is 17.6 Å². The van der Waals surface area contributed by atoms with Crippen LogP contribution in [0.2, 0.25) is 0 Å². The van der Waals surface area contributed by atoms with Crippen LogP contribution in [0, 0.1) is 5.92 Å². The second kappa shape index (κ2) is 8.74. The lowest BCUT2D eigenvalue weighted by Gasteiger charge is -2.31. The van der Waals surface area contributed by atoms with Crippen molar-refractivity contribution in [1.29, 1.82) is 0 Å². The van der Waals surface area contributed by atoms with Crippen LogP contribution in [0.3, 0.4) is 0 Å². The van der Waals surface area contributed by atoms with E-state index < -0.39 is 0 Å². The number of ketones is 1. The minimum Gasteiger partial charge on any atom is -0.494 e. The van der Waals surface area contributed by atoms with Gasteiger partial charge in [0.05, 0.1) is 23.2 Å². The summed E-state index contributed by atoms with van der Waals surface area (Å²) >= 11 is 1.46. The molecule has 0 saturated carbocycles. The molecule has 0 N–H and O–H groups in total. The first kappa shape index (κ1) is 19.6. The van der Waals surface area contributed by atoms with Gasteiger partial charge in [-0.15, -0.1) is 11.3 Å². The standard InChI is InChI=1S/C23H24N2O3S/c1-2-28-18-9-7-16(8-10-18)15-21(26)25-13-11-17(12-14-25)22(27)23-24-19-5-3-4-6-20(19)29-23/h3-10,17H,2,11-15H2,1H3. The minimum absolute atomic E-state index is 0.0508. The summed E-state index contributed by atoms with van der Waals surface area (Å²) < 4.78 is 6.48. The number of nitrogens with zero attached hydrogens (tertiary/aromatic N) is 2. The summed E-state index contributed by atoms with van der Waals surface area (Å²) in [6, 6.07) is 15.5. The lowest BCUT2D eigenvalue weighted by molar-refractivity contribution is -0.131. The average molecular weight is 409 g/mol. The number of hydrogen-bond acceptors (Lipinski definition) is 5. The SMILES string of the molecule is CCOc1ccc(CC(=O)N2CCC(C(=O)c3nc4ccccc4s3)CC2)cc1. The summed E-state index contributed by atoms with van der Waals surface area (Å²) in [5.74, 6) is 0.993. The maximum atomic E-state index is 12.9. The molecule has 6 heteroatoms. The molecule has 1 aromatic heterocycles. The number of amides is 1. The monoisotopic (exact) mass is 408 g/mol. The molecule has 0 radical (unpaired) electrons. The third kappa shape index (κ3) is 4.48. The molecule has 0 aliphatic carbocycles. The number of carbonyl (C=O) groups is 2. The van der Waals surface area contributed by atoms with Crippen molar-refractivity contribution >= 4 is 33.2 Å². The maximum Gasteiger partial charge on any atom is 0.226 e. The van der Waals surface area contributed by atoms with E-state index in [0.717, 1.165) is 21.5 Å². The molecule has 0 unspecified atom stereocenters. The molecule has 1 aliphatic rings. The largest absolute Gasteiger partial charge is 0.494 e. The first-order valence-electron chi connectivity index (χ1n) is 10.0. The van der Waals surface area contributed by atoms with Crippen LogP contribution in [-0.4, -0.2) is 41.3 Å². The molecule has 1 saturated heterocycles. The summed E-state index contributed by atoms with van der Waals surface area (Å²) in [4.78, 5) is 31.9. The number of hydrogen-bond donors (Lipinski definition) is 0. The van der Waals surface area contributed by atoms with E-state index >= 15 is 0 Å². The van der Waals surface area contributed by atoms with Gasteiger partial charge in [-0.1, -0.05) is 24.3 Å². The van der Waals surface area contributed by atoms with E-state index in [4.69, 9.17) is 4.74 Å². The third-order valence-corrected chi connectivity index (χ3v) is 6.36. The van der Waals surface area contributed by atoms with Gasteiger partial charge in [0.1, 0.15) is 5.75 Å². The van der Waals surface area contributed by atoms with Crippen molar-refractivity contribution in [3.63, 3.8) is 0 Å². The highest BCUT2D eigenvalue weighted by Gasteiger charge is 2.29. The molecule has 0 atom stereocenters. The Labute approximate surface area is 174 Å². The molecule has 3 aromatic rings. The molecule has 0 bridgehead atoms. The van der Waals surface area contributed by atoms with Gasteiger partial charge in [-0.25, -0.2) is 4.98 Å². The van der Waals surface area contributed by atoms with E-state index in [1.807, 2.05) is 60.4 Å². The lowest BCUT2D eigenvalue weighted by atomic mass is 9.92. The lowest BCUT2D eigenvalue weighted by Crippen LogP contribution is -2.41. The molecule has 1 aliphatic heterocycles. The molecule has 1 fully saturated rings. The molecule has 1 amide bonds. The molecule has 2 heterocycles. The fourth-order valence-corrected chi connectivity index (χ4v) is 4.68. The Balaban J connectivity index is 1.32. The predicted molar refractivity (Wildman–Crippen MR) is 115 cm³/mol. The van der Waals surface area contributed by atoms with Gasteiger partial charge in [0.2, 0.25) is 5.91 Å². The van der Waals surface area contributed by atoms with Gasteiger partial charge in [-0.2, -0.15) is 0 Å². The number of aromatic nitrogens is 1. The number of rotatable bonds is 6. The van der Waals surface area contributed by atoms with Crippen LogP contribution >= 0.6 is 11.3 Å². The van der Waals surface area contributed by atoms with Crippen molar-refractivity contribution in [3.8, 4) is 5.75 Å². The van der Waals surface area contributed by atoms with Gasteiger partial charge in [0, 0.05) is 19.0 Å². The number of thiazole rings is 1. The number of fused-ring (bicyclic) bond motifs is 1. The van der Waals surface area contributed by atoms with Crippen molar-refractivity contribution in [2.75, 3.05) is 19.7 Å². The maximum absolute atomic E-state index is 12.9. The first-order valence-corrected chi connectivity index (χ1v) is 10.8. The van der Waals surface area contributed by atoms with Gasteiger partial charge in [0.25, 0.3) is 0 Å². The summed E-state index contributed by atoms with van der Waals surface area (Å²) in [7, 11) is 0. The fraction of sp³-hybridized carbons (Fsp3) is 0.348. The molecule has 29 heavy (non-hydrogen) atoms. The third-order valence-electron chi connectivity index (χ3n) is 5.31. The number of carbonyl (C=O) groups excluding carboxylic acids is 2. The molecule has 2 aromatic carbocycles. The molecule has 5 nitrogen and oxygen atoms in total. The average Bonchev–Trinajstić information content (AvgIpc) is 3.19. The predicted octanol–water partition coefficient (Wildman–Crippen LogP) is 4.36. The number of para-hydroxylation sites is 1. The Kier molecular flexibility index (Phi) is 5.90. The molecule has 150 valence electrons. The van der Waals surface area contributed by atoms with Crippen LogP contribution in [0.15, 0.2) is 48.5 Å². The van der Waals surface area contributed by atoms with Crippen molar-refractivity contribution in [3.05, 3.63) is 59.1 Å². The van der Waals surface area contributed by atoms with Gasteiger partial charge in [-0.05, 0) is 49.6 Å². The summed E-state index contributed by atoms with van der Waals surface area (Å²) in [5.41, 5.74) is 1.86. The number of Topliss-reactive ketones (excluding diaryl/α,β-unsaturated/α-hetero) is 1. The highest BCUT2D eigenvalue weighted by molar-refractivity contribution is 7.20. The van der Waals surface area contributed by atoms with Crippen LogP contribution < -0.4 is 4.74 Å². The first-order chi connectivity index (χ1) is 14.1. The zero-order valence-corrected chi connectivity index (χ0v) is 17.3. The Morgan fingerprint density at radius 3 is 2.52 bits per heavy atom. The van der Waals surface area contributed by atoms with E-state index in [1.54, 1.807) is 0 Å². The summed E-state index contributed by atoms with van der Waals surface area (Å²) in [6.07, 6.45) is 1.77. The van der Waals surface area contributed by atoms with Gasteiger partial charge >= 0.3 is 0 Å². The van der Waals surface area contributed by atoms with Crippen molar-refractivity contribution in [2.45, 2.75) is 26.2 Å². The molecular formula is C23H24N2O3S. The van der Waals surface area contributed by atoms with Gasteiger partial charge < -0.3 is 9.64 Å². The number of benzene rings is 2. The van der Waals surface area contributed by atoms with Gasteiger partial charge in [0.15, 0.2) is 10.8 Å². The highest BCUT2D eigenvalue weighted by atomic mass is 32.1. The van der Waals surface area contributed by atoms with Crippen molar-refractivity contribution in [2.24, 2.45) is 5.92 Å². The normalized spacial score (nSPS) is 14.9. The summed E-state index contributed by atoms with van der Waals surface area (Å²) in [6.45, 7) is 3.82. The van der Waals surface area contributed by atoms with E-state index in [9.17, 15) is 9.59 Å². The topological polar surface area (TPSA) is 59.5 Å². The molecule has 4 rings (SSSR count). The minimum atomic E-state index is -0.0508. The smallest absolute Gasteiger partial charge is 0.226 e. The van der Waals surface area contributed by atoms with Crippen molar-refractivity contribution < 1.29 is 14.3 Å². The van der Waals surface area contributed by atoms with E-state index in [2.05, 4.69) is 4.98 Å². The van der Waals surface area contributed by atoms with Crippen molar-refractivity contribution in [1.82, 2.24) is 9.88 Å². The van der Waals surface area contributed by atoms with E-state index in [0.29, 0.717) is 44.0 Å². The highest BCUT2D eigenvalue weighted by Crippen LogP contribution is 2.28. The van der Waals surface area contributed by atoms with Crippen LogP contribution in [0.25, 0.3) is 10.2 Å². The number of ether oxygens (including phenoxy) is 1. The Morgan fingerprint density at radius 2 is 1.83 bits per heavy atom. The number of likely N-dealkylation sites (tertiary alicyclic amines) is 1. The van der Waals surface area contributed by atoms with Crippen LogP contribution in [0.1, 0.15) is 35.1 Å². The number of piperidine rings is 1. The van der Waals surface area contributed by atoms with Crippen LogP contribution in [0.4, 0.5) is 0 Å². The Bertz CT molecular complexity index is 971. The second-order valence-corrected chi connectivity index (χ2v) is 8.29. The quantitative estimate of drug-likeness (QED) is 0.569.